The summed E-state index contributed by atoms with van der Waals surface area (Å²) in [6, 6.07) is 6.01. The van der Waals surface area contributed by atoms with Gasteiger partial charge in [-0.25, -0.2) is 0 Å². The van der Waals surface area contributed by atoms with Crippen molar-refractivity contribution < 1.29 is 4.79 Å². The SMILES string of the molecule is CCCCc1cccc(C(C)=O)c1C. The zero-order valence-electron chi connectivity index (χ0n) is 9.26. The molecule has 1 heteroatoms. The second-order valence-corrected chi connectivity index (χ2v) is 3.75. The third kappa shape index (κ3) is 2.44. The van der Waals surface area contributed by atoms with E-state index in [0.717, 1.165) is 17.5 Å². The van der Waals surface area contributed by atoms with Gasteiger partial charge in [-0.15, -0.1) is 0 Å². The summed E-state index contributed by atoms with van der Waals surface area (Å²) < 4.78 is 0. The molecular formula is C13H18O. The summed E-state index contributed by atoms with van der Waals surface area (Å²) in [5.74, 6) is 0.167. The quantitative estimate of drug-likeness (QED) is 0.664. The Morgan fingerprint density at radius 1 is 1.36 bits per heavy atom. The largest absolute Gasteiger partial charge is 0.295 e. The lowest BCUT2D eigenvalue weighted by Crippen LogP contribution is -2.00. The number of rotatable bonds is 4. The molecule has 0 radical (unpaired) electrons. The molecule has 0 N–H and O–H groups in total. The standard InChI is InChI=1S/C13H18O/c1-4-5-7-12-8-6-9-13(10(12)2)11(3)14/h6,8-9H,4-5,7H2,1-3H3. The average molecular weight is 190 g/mol. The summed E-state index contributed by atoms with van der Waals surface area (Å²) in [6.45, 7) is 5.86. The highest BCUT2D eigenvalue weighted by Gasteiger charge is 2.06. The van der Waals surface area contributed by atoms with Crippen LogP contribution in [0.2, 0.25) is 0 Å². The Hall–Kier alpha value is -1.11. The van der Waals surface area contributed by atoms with Gasteiger partial charge in [0, 0.05) is 5.56 Å². The van der Waals surface area contributed by atoms with E-state index >= 15 is 0 Å². The van der Waals surface area contributed by atoms with Gasteiger partial charge in [-0.1, -0.05) is 31.5 Å². The molecule has 0 fully saturated rings. The van der Waals surface area contributed by atoms with Crippen LogP contribution in [0.4, 0.5) is 0 Å². The summed E-state index contributed by atoms with van der Waals surface area (Å²) in [4.78, 5) is 11.3. The van der Waals surface area contributed by atoms with Crippen LogP contribution in [0.3, 0.4) is 0 Å². The van der Waals surface area contributed by atoms with Crippen LogP contribution in [0.15, 0.2) is 18.2 Å². The topological polar surface area (TPSA) is 17.1 Å². The molecule has 0 saturated carbocycles. The molecule has 0 atom stereocenters. The molecule has 1 nitrogen and oxygen atoms in total. The van der Waals surface area contributed by atoms with Gasteiger partial charge < -0.3 is 0 Å². The third-order valence-corrected chi connectivity index (χ3v) is 2.62. The molecular weight excluding hydrogens is 172 g/mol. The lowest BCUT2D eigenvalue weighted by atomic mass is 9.97. The normalized spacial score (nSPS) is 10.2. The third-order valence-electron chi connectivity index (χ3n) is 2.62. The van der Waals surface area contributed by atoms with Crippen LogP contribution >= 0.6 is 0 Å². The van der Waals surface area contributed by atoms with Crippen molar-refractivity contribution in [3.8, 4) is 0 Å². The minimum atomic E-state index is 0.167. The van der Waals surface area contributed by atoms with Crippen molar-refractivity contribution in [3.63, 3.8) is 0 Å². The molecule has 1 rings (SSSR count). The monoisotopic (exact) mass is 190 g/mol. The fourth-order valence-corrected chi connectivity index (χ4v) is 1.70. The Balaban J connectivity index is 2.95. The highest BCUT2D eigenvalue weighted by atomic mass is 16.1. The highest BCUT2D eigenvalue weighted by molar-refractivity contribution is 5.95. The number of hydrogen-bond acceptors (Lipinski definition) is 1. The van der Waals surface area contributed by atoms with Crippen LogP contribution in [0.1, 0.15) is 48.2 Å². The van der Waals surface area contributed by atoms with Gasteiger partial charge in [0.15, 0.2) is 5.78 Å². The van der Waals surface area contributed by atoms with Gasteiger partial charge in [-0.2, -0.15) is 0 Å². The van der Waals surface area contributed by atoms with E-state index in [1.807, 2.05) is 19.1 Å². The number of benzene rings is 1. The lowest BCUT2D eigenvalue weighted by Gasteiger charge is -2.08. The smallest absolute Gasteiger partial charge is 0.160 e. The van der Waals surface area contributed by atoms with Crippen LogP contribution in [-0.4, -0.2) is 5.78 Å². The van der Waals surface area contributed by atoms with Gasteiger partial charge in [0.25, 0.3) is 0 Å². The van der Waals surface area contributed by atoms with Crippen LogP contribution in [-0.2, 0) is 6.42 Å². The van der Waals surface area contributed by atoms with Crippen molar-refractivity contribution in [2.24, 2.45) is 0 Å². The first kappa shape index (κ1) is 11.0. The molecule has 0 aliphatic rings. The average Bonchev–Trinajstić information content (AvgIpc) is 2.16. The number of carbonyl (C=O) groups excluding carboxylic acids is 1. The lowest BCUT2D eigenvalue weighted by molar-refractivity contribution is 0.101. The van der Waals surface area contributed by atoms with Gasteiger partial charge in [0.05, 0.1) is 0 Å². The maximum Gasteiger partial charge on any atom is 0.160 e. The summed E-state index contributed by atoms with van der Waals surface area (Å²) in [7, 11) is 0. The van der Waals surface area contributed by atoms with Crippen molar-refractivity contribution in [2.45, 2.75) is 40.0 Å². The Labute approximate surface area is 86.1 Å². The minimum Gasteiger partial charge on any atom is -0.295 e. The Kier molecular flexibility index (Phi) is 3.87. The van der Waals surface area contributed by atoms with E-state index in [1.165, 1.54) is 18.4 Å². The molecule has 1 aromatic carbocycles. The summed E-state index contributed by atoms with van der Waals surface area (Å²) in [5, 5.41) is 0. The summed E-state index contributed by atoms with van der Waals surface area (Å²) in [6.07, 6.45) is 3.48. The minimum absolute atomic E-state index is 0.167. The fraction of sp³-hybridized carbons (Fsp3) is 0.462. The van der Waals surface area contributed by atoms with Crippen molar-refractivity contribution in [3.05, 3.63) is 34.9 Å². The molecule has 0 aliphatic carbocycles. The van der Waals surface area contributed by atoms with E-state index in [9.17, 15) is 4.79 Å². The first-order valence-corrected chi connectivity index (χ1v) is 5.26. The van der Waals surface area contributed by atoms with E-state index in [0.29, 0.717) is 0 Å². The number of carbonyl (C=O) groups is 1. The van der Waals surface area contributed by atoms with E-state index in [-0.39, 0.29) is 5.78 Å². The molecule has 0 aromatic heterocycles. The number of ketones is 1. The van der Waals surface area contributed by atoms with Crippen LogP contribution in [0, 0.1) is 6.92 Å². The van der Waals surface area contributed by atoms with Gasteiger partial charge >= 0.3 is 0 Å². The van der Waals surface area contributed by atoms with Gasteiger partial charge in [0.1, 0.15) is 0 Å². The Morgan fingerprint density at radius 2 is 2.07 bits per heavy atom. The Bertz CT molecular complexity index is 326. The van der Waals surface area contributed by atoms with E-state index in [2.05, 4.69) is 13.0 Å². The van der Waals surface area contributed by atoms with Crippen LogP contribution < -0.4 is 0 Å². The maximum atomic E-state index is 11.3. The van der Waals surface area contributed by atoms with Crippen molar-refractivity contribution >= 4 is 5.78 Å². The van der Waals surface area contributed by atoms with Crippen molar-refractivity contribution in [1.82, 2.24) is 0 Å². The molecule has 0 aliphatic heterocycles. The molecule has 0 spiro atoms. The number of unbranched alkanes of at least 4 members (excludes halogenated alkanes) is 1. The predicted molar refractivity (Wildman–Crippen MR) is 59.8 cm³/mol. The maximum absolute atomic E-state index is 11.3. The molecule has 0 unspecified atom stereocenters. The molecule has 76 valence electrons. The van der Waals surface area contributed by atoms with Crippen LogP contribution in [0.25, 0.3) is 0 Å². The summed E-state index contributed by atoms with van der Waals surface area (Å²) in [5.41, 5.74) is 3.35. The number of aryl methyl sites for hydroxylation is 1. The molecule has 0 saturated heterocycles. The first-order chi connectivity index (χ1) is 6.66. The number of hydrogen-bond donors (Lipinski definition) is 0. The zero-order chi connectivity index (χ0) is 10.6. The Morgan fingerprint density at radius 3 is 2.64 bits per heavy atom. The van der Waals surface area contributed by atoms with Crippen LogP contribution in [0.5, 0.6) is 0 Å². The zero-order valence-corrected chi connectivity index (χ0v) is 9.26. The van der Waals surface area contributed by atoms with E-state index in [1.54, 1.807) is 6.92 Å². The van der Waals surface area contributed by atoms with Crippen molar-refractivity contribution in [1.29, 1.82) is 0 Å². The molecule has 14 heavy (non-hydrogen) atoms. The molecule has 0 heterocycles. The fourth-order valence-electron chi connectivity index (χ4n) is 1.70. The second-order valence-electron chi connectivity index (χ2n) is 3.75. The number of Topliss-reactive ketones (excluding diaryl/α,β-unsaturated/α-hetero) is 1. The molecule has 0 amide bonds. The van der Waals surface area contributed by atoms with E-state index in [4.69, 9.17) is 0 Å². The van der Waals surface area contributed by atoms with E-state index < -0.39 is 0 Å². The van der Waals surface area contributed by atoms with Gasteiger partial charge in [-0.3, -0.25) is 4.79 Å². The van der Waals surface area contributed by atoms with Crippen molar-refractivity contribution in [2.75, 3.05) is 0 Å². The first-order valence-electron chi connectivity index (χ1n) is 5.26. The van der Waals surface area contributed by atoms with Gasteiger partial charge in [0.2, 0.25) is 0 Å². The predicted octanol–water partition coefficient (Wildman–Crippen LogP) is 3.54. The molecule has 1 aromatic rings. The summed E-state index contributed by atoms with van der Waals surface area (Å²) >= 11 is 0. The molecule has 0 bridgehead atoms. The van der Waals surface area contributed by atoms with Gasteiger partial charge in [-0.05, 0) is 37.8 Å². The second kappa shape index (κ2) is 4.94. The highest BCUT2D eigenvalue weighted by Crippen LogP contribution is 2.16.